The number of fused-ring (bicyclic) bond motifs is 1. The molecule has 0 radical (unpaired) electrons. The van der Waals surface area contributed by atoms with E-state index >= 15 is 0 Å². The molecule has 0 bridgehead atoms. The number of aromatic nitrogens is 2. The van der Waals surface area contributed by atoms with Crippen molar-refractivity contribution in [2.45, 2.75) is 52.0 Å². The smallest absolute Gasteiger partial charge is 0.180 e. The summed E-state index contributed by atoms with van der Waals surface area (Å²) >= 11 is 0. The number of imidazole rings is 1. The Kier molecular flexibility index (Phi) is 5.84. The maximum absolute atomic E-state index is 5.86. The highest BCUT2D eigenvalue weighted by atomic mass is 16.7. The molecule has 2 aromatic rings. The molecule has 6 nitrogen and oxygen atoms in total. The molecule has 1 aliphatic rings. The summed E-state index contributed by atoms with van der Waals surface area (Å²) in [5.41, 5.74) is 10.00. The average Bonchev–Trinajstić information content (AvgIpc) is 3.34. The molecule has 0 aromatic carbocycles. The highest BCUT2D eigenvalue weighted by molar-refractivity contribution is 5.51. The molecule has 0 saturated heterocycles. The Morgan fingerprint density at radius 2 is 2.00 bits per heavy atom. The van der Waals surface area contributed by atoms with Gasteiger partial charge in [-0.15, -0.1) is 0 Å². The van der Waals surface area contributed by atoms with E-state index in [4.69, 9.17) is 19.9 Å². The summed E-state index contributed by atoms with van der Waals surface area (Å²) < 4.78 is 19.0. The van der Waals surface area contributed by atoms with Crippen LogP contribution in [0.3, 0.4) is 0 Å². The van der Waals surface area contributed by atoms with Gasteiger partial charge in [0.25, 0.3) is 0 Å². The van der Waals surface area contributed by atoms with Crippen molar-refractivity contribution < 1.29 is 14.2 Å². The van der Waals surface area contributed by atoms with Gasteiger partial charge in [0.15, 0.2) is 6.29 Å². The molecule has 2 aromatic heterocycles. The van der Waals surface area contributed by atoms with Crippen LogP contribution >= 0.6 is 0 Å². The topological polar surface area (TPSA) is 71.0 Å². The zero-order chi connectivity index (χ0) is 16.9. The zero-order valence-electron chi connectivity index (χ0n) is 14.5. The summed E-state index contributed by atoms with van der Waals surface area (Å²) in [7, 11) is 0. The summed E-state index contributed by atoms with van der Waals surface area (Å²) in [6, 6.07) is 2.22. The molecule has 2 heterocycles. The molecule has 0 atom stereocenters. The summed E-state index contributed by atoms with van der Waals surface area (Å²) in [4.78, 5) is 4.62. The number of pyridine rings is 1. The molecule has 2 N–H and O–H groups in total. The second kappa shape index (κ2) is 8.07. The van der Waals surface area contributed by atoms with Gasteiger partial charge in [0.1, 0.15) is 5.65 Å². The van der Waals surface area contributed by atoms with Crippen molar-refractivity contribution in [3.05, 3.63) is 35.3 Å². The minimum atomic E-state index is -0.318. The van der Waals surface area contributed by atoms with Gasteiger partial charge < -0.3 is 24.3 Å². The SMILES string of the molecule is CCOC(COCc1cc(C2CC2)cn2cc(CN)nc12)OCC. The monoisotopic (exact) mass is 333 g/mol. The predicted octanol–water partition coefficient (Wildman–Crippen LogP) is 2.59. The maximum atomic E-state index is 5.86. The molecule has 0 amide bonds. The van der Waals surface area contributed by atoms with Gasteiger partial charge >= 0.3 is 0 Å². The number of ether oxygens (including phenoxy) is 3. The van der Waals surface area contributed by atoms with Gasteiger partial charge in [-0.1, -0.05) is 0 Å². The van der Waals surface area contributed by atoms with Crippen molar-refractivity contribution in [2.75, 3.05) is 19.8 Å². The van der Waals surface area contributed by atoms with Crippen molar-refractivity contribution in [2.24, 2.45) is 5.73 Å². The van der Waals surface area contributed by atoms with E-state index in [-0.39, 0.29) is 6.29 Å². The first-order valence-corrected chi connectivity index (χ1v) is 8.76. The van der Waals surface area contributed by atoms with Gasteiger partial charge in [-0.25, -0.2) is 4.98 Å². The van der Waals surface area contributed by atoms with E-state index in [0.29, 0.717) is 38.9 Å². The van der Waals surface area contributed by atoms with Crippen molar-refractivity contribution >= 4 is 5.65 Å². The van der Waals surface area contributed by atoms with Gasteiger partial charge in [0.05, 0.1) is 18.9 Å². The van der Waals surface area contributed by atoms with Crippen LogP contribution in [0.15, 0.2) is 18.5 Å². The van der Waals surface area contributed by atoms with E-state index in [1.807, 2.05) is 20.0 Å². The minimum Gasteiger partial charge on any atom is -0.371 e. The van der Waals surface area contributed by atoms with Crippen molar-refractivity contribution in [3.63, 3.8) is 0 Å². The Morgan fingerprint density at radius 3 is 2.62 bits per heavy atom. The number of nitrogens with zero attached hydrogens (tertiary/aromatic N) is 2. The predicted molar refractivity (Wildman–Crippen MR) is 91.8 cm³/mol. The standard InChI is InChI=1S/C18H27N3O3/c1-3-23-17(24-4-2)12-22-11-15-7-14(13-5-6-13)9-21-10-16(8-19)20-18(15)21/h7,9-10,13,17H,3-6,8,11-12,19H2,1-2H3. The molecule has 24 heavy (non-hydrogen) atoms. The lowest BCUT2D eigenvalue weighted by Crippen LogP contribution is -2.23. The molecular weight excluding hydrogens is 306 g/mol. The first-order chi connectivity index (χ1) is 11.7. The van der Waals surface area contributed by atoms with Gasteiger partial charge in [-0.2, -0.15) is 0 Å². The van der Waals surface area contributed by atoms with Crippen LogP contribution in [-0.2, 0) is 27.4 Å². The Bertz CT molecular complexity index is 661. The molecular formula is C18H27N3O3. The van der Waals surface area contributed by atoms with E-state index in [0.717, 1.165) is 16.9 Å². The normalized spacial score (nSPS) is 14.8. The molecule has 0 unspecified atom stereocenters. The molecule has 0 spiro atoms. The average molecular weight is 333 g/mol. The summed E-state index contributed by atoms with van der Waals surface area (Å²) in [5, 5.41) is 0. The molecule has 1 saturated carbocycles. The molecule has 1 fully saturated rings. The second-order valence-corrected chi connectivity index (χ2v) is 6.10. The third-order valence-corrected chi connectivity index (χ3v) is 4.17. The summed E-state index contributed by atoms with van der Waals surface area (Å²) in [6.45, 7) is 6.46. The Morgan fingerprint density at radius 1 is 1.25 bits per heavy atom. The number of hydrogen-bond donors (Lipinski definition) is 1. The third kappa shape index (κ3) is 4.13. The number of hydrogen-bond acceptors (Lipinski definition) is 5. The van der Waals surface area contributed by atoms with E-state index in [9.17, 15) is 0 Å². The van der Waals surface area contributed by atoms with Crippen LogP contribution in [0.2, 0.25) is 0 Å². The quantitative estimate of drug-likeness (QED) is 0.677. The molecule has 0 aliphatic heterocycles. The molecule has 132 valence electrons. The molecule has 3 rings (SSSR count). The fourth-order valence-electron chi connectivity index (χ4n) is 2.87. The Hall–Kier alpha value is -1.47. The minimum absolute atomic E-state index is 0.318. The van der Waals surface area contributed by atoms with Crippen LogP contribution in [0.25, 0.3) is 5.65 Å². The first-order valence-electron chi connectivity index (χ1n) is 8.76. The number of rotatable bonds is 10. The van der Waals surface area contributed by atoms with Crippen molar-refractivity contribution in [3.8, 4) is 0 Å². The summed E-state index contributed by atoms with van der Waals surface area (Å²) in [6.07, 6.45) is 6.39. The van der Waals surface area contributed by atoms with Crippen LogP contribution < -0.4 is 5.73 Å². The van der Waals surface area contributed by atoms with E-state index in [1.165, 1.54) is 18.4 Å². The molecule has 6 heteroatoms. The lowest BCUT2D eigenvalue weighted by Gasteiger charge is -2.17. The zero-order valence-corrected chi connectivity index (χ0v) is 14.5. The Balaban J connectivity index is 1.73. The maximum Gasteiger partial charge on any atom is 0.180 e. The van der Waals surface area contributed by atoms with Crippen molar-refractivity contribution in [1.82, 2.24) is 9.38 Å². The fraction of sp³-hybridized carbons (Fsp3) is 0.611. The van der Waals surface area contributed by atoms with E-state index < -0.39 is 0 Å². The van der Waals surface area contributed by atoms with Crippen LogP contribution in [0, 0.1) is 0 Å². The van der Waals surface area contributed by atoms with Crippen LogP contribution in [0.1, 0.15) is 49.4 Å². The van der Waals surface area contributed by atoms with Crippen LogP contribution in [0.5, 0.6) is 0 Å². The first kappa shape index (κ1) is 17.4. The van der Waals surface area contributed by atoms with Crippen molar-refractivity contribution in [1.29, 1.82) is 0 Å². The highest BCUT2D eigenvalue weighted by Gasteiger charge is 2.25. The fourth-order valence-corrected chi connectivity index (χ4v) is 2.87. The summed E-state index contributed by atoms with van der Waals surface area (Å²) in [5.74, 6) is 0.677. The van der Waals surface area contributed by atoms with Crippen LogP contribution in [0.4, 0.5) is 0 Å². The largest absolute Gasteiger partial charge is 0.371 e. The Labute approximate surface area is 142 Å². The second-order valence-electron chi connectivity index (χ2n) is 6.10. The van der Waals surface area contributed by atoms with E-state index in [2.05, 4.69) is 21.6 Å². The third-order valence-electron chi connectivity index (χ3n) is 4.17. The van der Waals surface area contributed by atoms with Gasteiger partial charge in [-0.3, -0.25) is 0 Å². The van der Waals surface area contributed by atoms with Gasteiger partial charge in [0, 0.05) is 37.7 Å². The molecule has 1 aliphatic carbocycles. The highest BCUT2D eigenvalue weighted by Crippen LogP contribution is 2.40. The lowest BCUT2D eigenvalue weighted by molar-refractivity contribution is -0.169. The lowest BCUT2D eigenvalue weighted by atomic mass is 10.1. The number of nitrogens with two attached hydrogens (primary N) is 1. The van der Waals surface area contributed by atoms with Gasteiger partial charge in [-0.05, 0) is 44.2 Å². The van der Waals surface area contributed by atoms with Crippen LogP contribution in [-0.4, -0.2) is 35.5 Å². The van der Waals surface area contributed by atoms with E-state index in [1.54, 1.807) is 0 Å². The van der Waals surface area contributed by atoms with Gasteiger partial charge in [0.2, 0.25) is 0 Å².